The van der Waals surface area contributed by atoms with E-state index in [9.17, 15) is 4.79 Å². The molecule has 3 N–H and O–H groups in total. The van der Waals surface area contributed by atoms with E-state index in [1.807, 2.05) is 20.8 Å². The molecule has 0 aliphatic heterocycles. The lowest BCUT2D eigenvalue weighted by atomic mass is 9.42. The number of nitrogens with two attached hydrogens (primary N) is 1. The van der Waals surface area contributed by atoms with Gasteiger partial charge in [-0.15, -0.1) is 0 Å². The van der Waals surface area contributed by atoms with Crippen LogP contribution < -0.4 is 11.1 Å². The van der Waals surface area contributed by atoms with Crippen LogP contribution in [0.3, 0.4) is 0 Å². The zero-order valence-corrected chi connectivity index (χ0v) is 14.4. The highest BCUT2D eigenvalue weighted by Crippen LogP contribution is 2.66. The largest absolute Gasteiger partial charge is 0.349 e. The van der Waals surface area contributed by atoms with Crippen molar-refractivity contribution in [1.29, 1.82) is 0 Å². The summed E-state index contributed by atoms with van der Waals surface area (Å²) in [6, 6.07) is -0.425. The topological polar surface area (TPSA) is 55.1 Å². The van der Waals surface area contributed by atoms with Crippen LogP contribution in [0.25, 0.3) is 0 Å². The summed E-state index contributed by atoms with van der Waals surface area (Å²) in [6.45, 7) is 11.0. The Kier molecular flexibility index (Phi) is 3.10. The van der Waals surface area contributed by atoms with Gasteiger partial charge in [0.05, 0.1) is 6.04 Å². The summed E-state index contributed by atoms with van der Waals surface area (Å²) in [4.78, 5) is 12.6. The highest BCUT2D eigenvalue weighted by molar-refractivity contribution is 5.83. The van der Waals surface area contributed by atoms with Crippen LogP contribution in [0.2, 0.25) is 0 Å². The molecule has 1 amide bonds. The van der Waals surface area contributed by atoms with Gasteiger partial charge >= 0.3 is 0 Å². The average Bonchev–Trinajstić information content (AvgIpc) is 2.20. The predicted molar refractivity (Wildman–Crippen MR) is 85.7 cm³/mol. The molecule has 0 saturated heterocycles. The van der Waals surface area contributed by atoms with E-state index < -0.39 is 6.04 Å². The molecule has 120 valence electrons. The molecule has 0 spiro atoms. The maximum Gasteiger partial charge on any atom is 0.237 e. The first-order valence-corrected chi connectivity index (χ1v) is 8.52. The highest BCUT2D eigenvalue weighted by Gasteiger charge is 2.60. The van der Waals surface area contributed by atoms with Crippen LogP contribution in [0, 0.1) is 22.2 Å². The molecule has 4 bridgehead atoms. The van der Waals surface area contributed by atoms with Crippen molar-refractivity contribution in [1.82, 2.24) is 5.32 Å². The standard InChI is InChI=1S/C18H32N2O/c1-15(2,3)13(19)14(21)20-18-8-12-6-16(4,10-18)9-17(5,7-12)11-18/h12-13H,6-11,19H2,1-5H3,(H,20,21)/t12?,13-,16?,17?,18?/m1/s1. The van der Waals surface area contributed by atoms with Crippen LogP contribution in [0.15, 0.2) is 0 Å². The van der Waals surface area contributed by atoms with Crippen molar-refractivity contribution in [2.24, 2.45) is 27.9 Å². The van der Waals surface area contributed by atoms with E-state index >= 15 is 0 Å². The highest BCUT2D eigenvalue weighted by atomic mass is 16.2. The molecule has 3 atom stereocenters. The molecular formula is C18H32N2O. The molecule has 0 aromatic heterocycles. The number of hydrogen-bond acceptors (Lipinski definition) is 2. The van der Waals surface area contributed by atoms with Crippen molar-refractivity contribution >= 4 is 5.91 Å². The van der Waals surface area contributed by atoms with Gasteiger partial charge in [0, 0.05) is 5.54 Å². The third kappa shape index (κ3) is 2.62. The Morgan fingerprint density at radius 1 is 1.10 bits per heavy atom. The van der Waals surface area contributed by atoms with Crippen molar-refractivity contribution in [3.05, 3.63) is 0 Å². The van der Waals surface area contributed by atoms with Crippen molar-refractivity contribution in [3.8, 4) is 0 Å². The molecule has 4 aliphatic rings. The van der Waals surface area contributed by atoms with E-state index in [4.69, 9.17) is 5.73 Å². The van der Waals surface area contributed by atoms with Gasteiger partial charge in [-0.3, -0.25) is 4.79 Å². The summed E-state index contributed by atoms with van der Waals surface area (Å²) in [7, 11) is 0. The van der Waals surface area contributed by atoms with E-state index in [1.54, 1.807) is 0 Å². The minimum absolute atomic E-state index is 0.0167. The zero-order chi connectivity index (χ0) is 15.7. The minimum Gasteiger partial charge on any atom is -0.349 e. The monoisotopic (exact) mass is 292 g/mol. The van der Waals surface area contributed by atoms with Crippen LogP contribution in [0.5, 0.6) is 0 Å². The van der Waals surface area contributed by atoms with Gasteiger partial charge in [0.1, 0.15) is 0 Å². The second kappa shape index (κ2) is 4.24. The second-order valence-corrected chi connectivity index (χ2v) is 10.2. The lowest BCUT2D eigenvalue weighted by molar-refractivity contribution is -0.142. The van der Waals surface area contributed by atoms with E-state index in [2.05, 4.69) is 19.2 Å². The fourth-order valence-electron chi connectivity index (χ4n) is 6.32. The van der Waals surface area contributed by atoms with Crippen molar-refractivity contribution in [2.75, 3.05) is 0 Å². The van der Waals surface area contributed by atoms with Crippen molar-refractivity contribution in [3.63, 3.8) is 0 Å². The molecule has 0 aromatic carbocycles. The molecule has 0 radical (unpaired) electrons. The van der Waals surface area contributed by atoms with E-state index in [0.717, 1.165) is 18.8 Å². The fourth-order valence-corrected chi connectivity index (χ4v) is 6.32. The van der Waals surface area contributed by atoms with Gasteiger partial charge in [0.25, 0.3) is 0 Å². The van der Waals surface area contributed by atoms with Crippen LogP contribution in [-0.4, -0.2) is 17.5 Å². The third-order valence-electron chi connectivity index (χ3n) is 6.23. The van der Waals surface area contributed by atoms with Crippen molar-refractivity contribution < 1.29 is 4.79 Å². The predicted octanol–water partition coefficient (Wildman–Crippen LogP) is 3.23. The maximum absolute atomic E-state index is 12.6. The van der Waals surface area contributed by atoms with Gasteiger partial charge in [-0.1, -0.05) is 34.6 Å². The minimum atomic E-state index is -0.425. The SMILES string of the molecule is CC12CC3CC(C)(C1)CC(NC(=O)[C@@H](N)C(C)(C)C)(C3)C2. The number of nitrogens with one attached hydrogen (secondary N) is 1. The normalized spacial score (nSPS) is 46.5. The number of rotatable bonds is 2. The lowest BCUT2D eigenvalue weighted by Gasteiger charge is -2.65. The smallest absolute Gasteiger partial charge is 0.237 e. The molecule has 4 rings (SSSR count). The summed E-state index contributed by atoms with van der Waals surface area (Å²) in [5, 5.41) is 3.42. The molecular weight excluding hydrogens is 260 g/mol. The Labute approximate surface area is 129 Å². The molecule has 0 heterocycles. The Bertz CT molecular complexity index is 446. The Morgan fingerprint density at radius 3 is 2.05 bits per heavy atom. The van der Waals surface area contributed by atoms with E-state index in [1.165, 1.54) is 25.7 Å². The first kappa shape index (κ1) is 15.3. The molecule has 4 fully saturated rings. The summed E-state index contributed by atoms with van der Waals surface area (Å²) < 4.78 is 0. The first-order chi connectivity index (χ1) is 9.45. The molecule has 2 unspecified atom stereocenters. The summed E-state index contributed by atoms with van der Waals surface area (Å²) in [5.41, 5.74) is 6.86. The van der Waals surface area contributed by atoms with Crippen LogP contribution in [0.1, 0.15) is 73.1 Å². The van der Waals surface area contributed by atoms with Gasteiger partial charge in [0.15, 0.2) is 0 Å². The lowest BCUT2D eigenvalue weighted by Crippen LogP contribution is -2.67. The Morgan fingerprint density at radius 2 is 1.62 bits per heavy atom. The molecule has 0 aromatic rings. The Hall–Kier alpha value is -0.570. The van der Waals surface area contributed by atoms with Gasteiger partial charge in [0.2, 0.25) is 5.91 Å². The molecule has 4 saturated carbocycles. The van der Waals surface area contributed by atoms with Crippen LogP contribution >= 0.6 is 0 Å². The summed E-state index contributed by atoms with van der Waals surface area (Å²) in [6.07, 6.45) is 7.50. The third-order valence-corrected chi connectivity index (χ3v) is 6.23. The van der Waals surface area contributed by atoms with Gasteiger partial charge in [-0.05, 0) is 60.7 Å². The quantitative estimate of drug-likeness (QED) is 0.821. The summed E-state index contributed by atoms with van der Waals surface area (Å²) in [5.74, 6) is 0.846. The van der Waals surface area contributed by atoms with Crippen molar-refractivity contribution in [2.45, 2.75) is 84.7 Å². The Balaban J connectivity index is 1.81. The van der Waals surface area contributed by atoms with E-state index in [-0.39, 0.29) is 16.9 Å². The molecule has 3 nitrogen and oxygen atoms in total. The van der Waals surface area contributed by atoms with Crippen LogP contribution in [0.4, 0.5) is 0 Å². The molecule has 3 heteroatoms. The number of amides is 1. The first-order valence-electron chi connectivity index (χ1n) is 8.52. The zero-order valence-electron chi connectivity index (χ0n) is 14.4. The number of carbonyl (C=O) groups excluding carboxylic acids is 1. The van der Waals surface area contributed by atoms with E-state index in [0.29, 0.717) is 10.8 Å². The second-order valence-electron chi connectivity index (χ2n) is 10.2. The van der Waals surface area contributed by atoms with Gasteiger partial charge in [-0.2, -0.15) is 0 Å². The summed E-state index contributed by atoms with van der Waals surface area (Å²) >= 11 is 0. The molecule has 4 aliphatic carbocycles. The average molecular weight is 292 g/mol. The van der Waals surface area contributed by atoms with Gasteiger partial charge < -0.3 is 11.1 Å². The molecule has 21 heavy (non-hydrogen) atoms. The number of hydrogen-bond donors (Lipinski definition) is 2. The number of carbonyl (C=O) groups is 1. The van der Waals surface area contributed by atoms with Gasteiger partial charge in [-0.25, -0.2) is 0 Å². The maximum atomic E-state index is 12.6. The fraction of sp³-hybridized carbons (Fsp3) is 0.944. The van der Waals surface area contributed by atoms with Crippen LogP contribution in [-0.2, 0) is 4.79 Å².